The van der Waals surface area contributed by atoms with Crippen LogP contribution in [0.5, 0.6) is 0 Å². The summed E-state index contributed by atoms with van der Waals surface area (Å²) >= 11 is 0. The molecule has 0 saturated heterocycles. The van der Waals surface area contributed by atoms with Crippen molar-refractivity contribution in [2.75, 3.05) is 0 Å². The van der Waals surface area contributed by atoms with E-state index >= 15 is 0 Å². The van der Waals surface area contributed by atoms with E-state index in [9.17, 15) is 4.39 Å². The summed E-state index contributed by atoms with van der Waals surface area (Å²) in [6, 6.07) is 9.68. The molecule has 2 rings (SSSR count). The Morgan fingerprint density at radius 3 is 2.77 bits per heavy atom. The molecular weight excluding hydrogens is 167 g/mol. The maximum atomic E-state index is 12.8. The molecule has 0 atom stereocenters. The molecule has 0 spiro atoms. The average Bonchev–Trinajstić information content (AvgIpc) is 2.16. The highest BCUT2D eigenvalue weighted by Crippen LogP contribution is 2.20. The molecule has 0 aromatic heterocycles. The summed E-state index contributed by atoms with van der Waals surface area (Å²) in [4.78, 5) is 0. The molecular formula is C10H7FN2. The van der Waals surface area contributed by atoms with Gasteiger partial charge in [0.1, 0.15) is 5.82 Å². The average molecular weight is 174 g/mol. The van der Waals surface area contributed by atoms with Gasteiger partial charge in [-0.1, -0.05) is 12.1 Å². The minimum atomic E-state index is -0.275. The summed E-state index contributed by atoms with van der Waals surface area (Å²) in [5, 5.41) is 3.63. The first-order valence-corrected chi connectivity index (χ1v) is 3.89. The van der Waals surface area contributed by atoms with Gasteiger partial charge < -0.3 is 5.53 Å². The van der Waals surface area contributed by atoms with E-state index in [1.54, 1.807) is 24.3 Å². The molecule has 13 heavy (non-hydrogen) atoms. The van der Waals surface area contributed by atoms with Crippen LogP contribution in [0.1, 0.15) is 0 Å². The minimum absolute atomic E-state index is 0.275. The highest BCUT2D eigenvalue weighted by molar-refractivity contribution is 5.90. The van der Waals surface area contributed by atoms with Crippen LogP contribution in [-0.2, 0) is 0 Å². The summed E-state index contributed by atoms with van der Waals surface area (Å²) in [5.41, 5.74) is 9.34. The van der Waals surface area contributed by atoms with Crippen LogP contribution in [0.2, 0.25) is 0 Å². The lowest BCUT2D eigenvalue weighted by atomic mass is 10.1. The second-order valence-electron chi connectivity index (χ2n) is 2.78. The van der Waals surface area contributed by atoms with E-state index in [1.165, 1.54) is 12.1 Å². The quantitative estimate of drug-likeness (QED) is 0.639. The molecule has 2 nitrogen and oxygen atoms in total. The van der Waals surface area contributed by atoms with Crippen LogP contribution >= 0.6 is 0 Å². The van der Waals surface area contributed by atoms with E-state index in [1.807, 2.05) is 0 Å². The zero-order valence-corrected chi connectivity index (χ0v) is 6.79. The van der Waals surface area contributed by atoms with Gasteiger partial charge in [0.05, 0.1) is 5.39 Å². The molecule has 0 saturated carbocycles. The van der Waals surface area contributed by atoms with Gasteiger partial charge in [-0.25, -0.2) is 4.39 Å². The van der Waals surface area contributed by atoms with E-state index in [2.05, 4.69) is 5.11 Å². The Morgan fingerprint density at radius 1 is 1.15 bits per heavy atom. The van der Waals surface area contributed by atoms with Crippen LogP contribution in [0.4, 0.5) is 10.1 Å². The van der Waals surface area contributed by atoms with Crippen molar-refractivity contribution in [2.24, 2.45) is 0 Å². The molecule has 0 aliphatic rings. The predicted molar refractivity (Wildman–Crippen MR) is 47.9 cm³/mol. The molecule has 0 fully saturated rings. The fourth-order valence-corrected chi connectivity index (χ4v) is 1.35. The molecule has 0 amide bonds. The largest absolute Gasteiger partial charge is 0.502 e. The second-order valence-corrected chi connectivity index (χ2v) is 2.78. The van der Waals surface area contributed by atoms with E-state index in [-0.39, 0.29) is 5.82 Å². The number of hydrogen-bond donors (Lipinski definition) is 1. The van der Waals surface area contributed by atoms with Gasteiger partial charge in [0, 0.05) is 6.07 Å². The topological polar surface area (TPSA) is 36.3 Å². The van der Waals surface area contributed by atoms with Gasteiger partial charge >= 0.3 is 0 Å². The van der Waals surface area contributed by atoms with E-state index in [0.717, 1.165) is 10.8 Å². The van der Waals surface area contributed by atoms with Crippen molar-refractivity contribution in [1.82, 2.24) is 0 Å². The Kier molecular flexibility index (Phi) is 1.77. The standard InChI is InChI=1S/C10H7FN2/c11-8-4-5-9-7(6-8)2-1-3-10(9)13-12/h1-6,13H. The van der Waals surface area contributed by atoms with Gasteiger partial charge in [0.25, 0.3) is 0 Å². The van der Waals surface area contributed by atoms with Crippen molar-refractivity contribution in [2.45, 2.75) is 0 Å². The SMILES string of the molecule is [N-]=[NH+]c1cccc2cc(F)ccc12. The van der Waals surface area contributed by atoms with Crippen LogP contribution < -0.4 is 5.11 Å². The zero-order chi connectivity index (χ0) is 9.26. The number of benzene rings is 2. The van der Waals surface area contributed by atoms with E-state index < -0.39 is 0 Å². The third kappa shape index (κ3) is 1.28. The number of fused-ring (bicyclic) bond motifs is 1. The first-order chi connectivity index (χ1) is 6.31. The minimum Gasteiger partial charge on any atom is -0.502 e. The van der Waals surface area contributed by atoms with E-state index in [0.29, 0.717) is 5.69 Å². The molecule has 0 aliphatic carbocycles. The molecule has 0 unspecified atom stereocenters. The number of rotatable bonds is 1. The molecule has 0 heterocycles. The van der Waals surface area contributed by atoms with Crippen molar-refractivity contribution in [1.29, 1.82) is 0 Å². The molecule has 3 heteroatoms. The Balaban J connectivity index is 2.84. The lowest BCUT2D eigenvalue weighted by Crippen LogP contribution is -2.54. The summed E-state index contributed by atoms with van der Waals surface area (Å²) < 4.78 is 12.8. The Labute approximate surface area is 74.5 Å². The lowest BCUT2D eigenvalue weighted by Gasteiger charge is -1.98. The smallest absolute Gasteiger partial charge is 0.200 e. The Bertz CT molecular complexity index is 465. The number of nitrogens with one attached hydrogen (secondary N) is 1. The number of halogens is 1. The first kappa shape index (κ1) is 7.86. The number of nitrogens with zero attached hydrogens (tertiary/aromatic N) is 1. The van der Waals surface area contributed by atoms with Gasteiger partial charge in [-0.15, -0.1) is 0 Å². The molecule has 0 radical (unpaired) electrons. The summed E-state index contributed by atoms with van der Waals surface area (Å²) in [6.45, 7) is 0. The summed E-state index contributed by atoms with van der Waals surface area (Å²) in [6.07, 6.45) is 0. The van der Waals surface area contributed by atoms with E-state index in [4.69, 9.17) is 5.53 Å². The van der Waals surface area contributed by atoms with Crippen LogP contribution in [0.3, 0.4) is 0 Å². The molecule has 0 aliphatic heterocycles. The second kappa shape index (κ2) is 2.94. The van der Waals surface area contributed by atoms with Gasteiger partial charge in [-0.2, -0.15) is 0 Å². The molecule has 1 N–H and O–H groups in total. The predicted octanol–water partition coefficient (Wildman–Crippen LogP) is 1.71. The van der Waals surface area contributed by atoms with Crippen molar-refractivity contribution in [3.05, 3.63) is 47.7 Å². The maximum absolute atomic E-state index is 12.8. The molecule has 2 aromatic rings. The Hall–Kier alpha value is -1.77. The summed E-state index contributed by atoms with van der Waals surface area (Å²) in [7, 11) is 0. The highest BCUT2D eigenvalue weighted by atomic mass is 19.1. The van der Waals surface area contributed by atoms with Crippen LogP contribution in [0.25, 0.3) is 16.3 Å². The van der Waals surface area contributed by atoms with Crippen LogP contribution in [-0.4, -0.2) is 0 Å². The number of hydrogen-bond acceptors (Lipinski definition) is 0. The van der Waals surface area contributed by atoms with Crippen LogP contribution in [0.15, 0.2) is 36.4 Å². The maximum Gasteiger partial charge on any atom is 0.200 e. The van der Waals surface area contributed by atoms with Crippen LogP contribution in [0, 0.1) is 5.82 Å². The van der Waals surface area contributed by atoms with Crippen molar-refractivity contribution >= 4 is 16.5 Å². The lowest BCUT2D eigenvalue weighted by molar-refractivity contribution is -0.377. The third-order valence-corrected chi connectivity index (χ3v) is 1.96. The highest BCUT2D eigenvalue weighted by Gasteiger charge is 2.01. The summed E-state index contributed by atoms with van der Waals surface area (Å²) in [5.74, 6) is -0.275. The first-order valence-electron chi connectivity index (χ1n) is 3.89. The van der Waals surface area contributed by atoms with Gasteiger partial charge in [-0.05, 0) is 23.6 Å². The monoisotopic (exact) mass is 174 g/mol. The van der Waals surface area contributed by atoms with Crippen molar-refractivity contribution < 1.29 is 9.50 Å². The van der Waals surface area contributed by atoms with Gasteiger partial charge in [-0.3, -0.25) is 5.11 Å². The zero-order valence-electron chi connectivity index (χ0n) is 6.79. The Morgan fingerprint density at radius 2 is 2.00 bits per heavy atom. The van der Waals surface area contributed by atoms with Crippen molar-refractivity contribution in [3.8, 4) is 0 Å². The van der Waals surface area contributed by atoms with Gasteiger partial charge in [0.15, 0.2) is 0 Å². The third-order valence-electron chi connectivity index (χ3n) is 1.96. The molecule has 0 bridgehead atoms. The van der Waals surface area contributed by atoms with Crippen molar-refractivity contribution in [3.63, 3.8) is 0 Å². The molecule has 64 valence electrons. The van der Waals surface area contributed by atoms with Gasteiger partial charge in [0.2, 0.25) is 5.69 Å². The normalized spacial score (nSPS) is 10.2. The molecule has 2 aromatic carbocycles. The fraction of sp³-hybridized carbons (Fsp3) is 0. The fourth-order valence-electron chi connectivity index (χ4n) is 1.35.